The molecule has 1 heterocycles. The molecule has 0 saturated carbocycles. The molecule has 1 fully saturated rings. The van der Waals surface area contributed by atoms with E-state index in [4.69, 9.17) is 0 Å². The van der Waals surface area contributed by atoms with Crippen molar-refractivity contribution in [1.82, 2.24) is 0 Å². The lowest BCUT2D eigenvalue weighted by Crippen LogP contribution is -2.31. The molecule has 122 valence electrons. The monoisotopic (exact) mass is 341 g/mol. The molecule has 0 bridgehead atoms. The van der Waals surface area contributed by atoms with Crippen molar-refractivity contribution in [3.8, 4) is 0 Å². The van der Waals surface area contributed by atoms with Gasteiger partial charge in [-0.05, 0) is 31.2 Å². The number of nitrogens with zero attached hydrogens (tertiary/aromatic N) is 1. The summed E-state index contributed by atoms with van der Waals surface area (Å²) >= 11 is 1.13. The molecule has 24 heavy (non-hydrogen) atoms. The van der Waals surface area contributed by atoms with Gasteiger partial charge in [0.05, 0.1) is 16.5 Å². The number of rotatable bonds is 4. The number of hydrogen-bond donors (Lipinski definition) is 1. The Bertz CT molecular complexity index is 816. The molecule has 1 saturated heterocycles. The average molecular weight is 341 g/mol. The minimum absolute atomic E-state index is 0.0608. The van der Waals surface area contributed by atoms with E-state index >= 15 is 0 Å². The first-order valence-corrected chi connectivity index (χ1v) is 8.28. The van der Waals surface area contributed by atoms with Gasteiger partial charge in [0.1, 0.15) is 0 Å². The molecule has 1 N–H and O–H groups in total. The van der Waals surface area contributed by atoms with E-state index in [0.29, 0.717) is 10.6 Å². The number of carboxylic acids is 1. The number of benzene rings is 2. The van der Waals surface area contributed by atoms with Crippen LogP contribution in [-0.4, -0.2) is 28.1 Å². The Labute approximate surface area is 143 Å². The fourth-order valence-electron chi connectivity index (χ4n) is 2.56. The zero-order valence-corrected chi connectivity index (χ0v) is 13.7. The Morgan fingerprint density at radius 2 is 1.79 bits per heavy atom. The first kappa shape index (κ1) is 16.3. The normalized spacial score (nSPS) is 17.4. The van der Waals surface area contributed by atoms with Crippen LogP contribution in [-0.2, 0) is 9.59 Å². The van der Waals surface area contributed by atoms with E-state index in [1.807, 2.05) is 19.1 Å². The van der Waals surface area contributed by atoms with Crippen LogP contribution in [0.25, 0.3) is 0 Å². The van der Waals surface area contributed by atoms with Gasteiger partial charge in [0.25, 0.3) is 0 Å². The summed E-state index contributed by atoms with van der Waals surface area (Å²) in [5.74, 6) is -1.63. The third kappa shape index (κ3) is 3.05. The Balaban J connectivity index is 1.85. The van der Waals surface area contributed by atoms with Gasteiger partial charge in [0, 0.05) is 11.3 Å². The van der Waals surface area contributed by atoms with Crippen molar-refractivity contribution in [2.45, 2.75) is 23.5 Å². The van der Waals surface area contributed by atoms with E-state index in [1.165, 1.54) is 11.0 Å². The molecule has 2 amide bonds. The highest BCUT2D eigenvalue weighted by molar-refractivity contribution is 8.00. The van der Waals surface area contributed by atoms with Crippen LogP contribution in [0.15, 0.2) is 53.4 Å². The Morgan fingerprint density at radius 1 is 1.12 bits per heavy atom. The van der Waals surface area contributed by atoms with Gasteiger partial charge in [0.15, 0.2) is 0 Å². The molecule has 0 aromatic heterocycles. The summed E-state index contributed by atoms with van der Waals surface area (Å²) in [6.45, 7) is 1.93. The highest BCUT2D eigenvalue weighted by Crippen LogP contribution is 2.35. The second-order valence-electron chi connectivity index (χ2n) is 5.51. The summed E-state index contributed by atoms with van der Waals surface area (Å²) in [6, 6.07) is 13.7. The summed E-state index contributed by atoms with van der Waals surface area (Å²) in [5.41, 5.74) is 1.72. The molecule has 2 aromatic rings. The van der Waals surface area contributed by atoms with E-state index in [-0.39, 0.29) is 23.8 Å². The lowest BCUT2D eigenvalue weighted by molar-refractivity contribution is -0.121. The largest absolute Gasteiger partial charge is 0.478 e. The zero-order chi connectivity index (χ0) is 17.3. The van der Waals surface area contributed by atoms with Crippen LogP contribution in [0, 0.1) is 6.92 Å². The SMILES string of the molecule is Cc1ccc(N2C(=O)C[C@H](Sc3ccccc3C(=O)O)C2=O)cc1. The summed E-state index contributed by atoms with van der Waals surface area (Å²) < 4.78 is 0. The van der Waals surface area contributed by atoms with Crippen molar-refractivity contribution in [2.24, 2.45) is 0 Å². The van der Waals surface area contributed by atoms with Crippen molar-refractivity contribution >= 4 is 35.2 Å². The minimum atomic E-state index is -1.05. The molecule has 6 heteroatoms. The quantitative estimate of drug-likeness (QED) is 0.865. The van der Waals surface area contributed by atoms with Crippen LogP contribution in [0.2, 0.25) is 0 Å². The number of amides is 2. The van der Waals surface area contributed by atoms with E-state index in [9.17, 15) is 19.5 Å². The Hall–Kier alpha value is -2.60. The number of aryl methyl sites for hydroxylation is 1. The molecule has 0 unspecified atom stereocenters. The minimum Gasteiger partial charge on any atom is -0.478 e. The first-order chi connectivity index (χ1) is 11.5. The second-order valence-corrected chi connectivity index (χ2v) is 6.76. The van der Waals surface area contributed by atoms with E-state index < -0.39 is 11.2 Å². The first-order valence-electron chi connectivity index (χ1n) is 7.40. The molecule has 0 radical (unpaired) electrons. The van der Waals surface area contributed by atoms with Crippen molar-refractivity contribution in [1.29, 1.82) is 0 Å². The van der Waals surface area contributed by atoms with Crippen molar-refractivity contribution in [3.63, 3.8) is 0 Å². The molecule has 0 aliphatic carbocycles. The van der Waals surface area contributed by atoms with Crippen LogP contribution >= 0.6 is 11.8 Å². The number of carboxylic acid groups (broad SMARTS) is 1. The van der Waals surface area contributed by atoms with Gasteiger partial charge in [-0.15, -0.1) is 11.8 Å². The second kappa shape index (κ2) is 6.49. The molecule has 1 aliphatic rings. The molecule has 2 aromatic carbocycles. The fraction of sp³-hybridized carbons (Fsp3) is 0.167. The number of aromatic carboxylic acids is 1. The van der Waals surface area contributed by atoms with E-state index in [1.54, 1.807) is 30.3 Å². The average Bonchev–Trinajstić information content (AvgIpc) is 2.83. The lowest BCUT2D eigenvalue weighted by Gasteiger charge is -2.15. The molecule has 3 rings (SSSR count). The Morgan fingerprint density at radius 3 is 2.46 bits per heavy atom. The summed E-state index contributed by atoms with van der Waals surface area (Å²) in [4.78, 5) is 37.8. The standard InChI is InChI=1S/C18H15NO4S/c1-11-6-8-12(9-7-11)19-16(20)10-15(17(19)21)24-14-5-3-2-4-13(14)18(22)23/h2-9,15H,10H2,1H3,(H,22,23)/t15-/m0/s1. The van der Waals surface area contributed by atoms with Crippen LogP contribution in [0.1, 0.15) is 22.3 Å². The van der Waals surface area contributed by atoms with E-state index in [0.717, 1.165) is 17.3 Å². The van der Waals surface area contributed by atoms with Gasteiger partial charge >= 0.3 is 5.97 Å². The molecule has 5 nitrogen and oxygen atoms in total. The number of carbonyl (C=O) groups excluding carboxylic acids is 2. The van der Waals surface area contributed by atoms with E-state index in [2.05, 4.69) is 0 Å². The molecular formula is C18H15NO4S. The maximum absolute atomic E-state index is 12.6. The summed E-state index contributed by atoms with van der Waals surface area (Å²) in [5, 5.41) is 8.63. The van der Waals surface area contributed by atoms with Crippen LogP contribution in [0.3, 0.4) is 0 Å². The van der Waals surface area contributed by atoms with Gasteiger partial charge < -0.3 is 5.11 Å². The van der Waals surface area contributed by atoms with Gasteiger partial charge in [-0.1, -0.05) is 29.8 Å². The lowest BCUT2D eigenvalue weighted by atomic mass is 10.2. The summed E-state index contributed by atoms with van der Waals surface area (Å²) in [7, 11) is 0. The Kier molecular flexibility index (Phi) is 4.40. The van der Waals surface area contributed by atoms with Crippen molar-refractivity contribution < 1.29 is 19.5 Å². The number of anilines is 1. The topological polar surface area (TPSA) is 74.7 Å². The smallest absolute Gasteiger partial charge is 0.336 e. The molecule has 1 atom stereocenters. The maximum Gasteiger partial charge on any atom is 0.336 e. The van der Waals surface area contributed by atoms with Crippen LogP contribution in [0.5, 0.6) is 0 Å². The number of imide groups is 1. The van der Waals surface area contributed by atoms with Crippen molar-refractivity contribution in [3.05, 3.63) is 59.7 Å². The molecule has 1 aliphatic heterocycles. The zero-order valence-electron chi connectivity index (χ0n) is 12.9. The van der Waals surface area contributed by atoms with Gasteiger partial charge in [-0.25, -0.2) is 9.69 Å². The van der Waals surface area contributed by atoms with Gasteiger partial charge in [-0.3, -0.25) is 9.59 Å². The predicted octanol–water partition coefficient (Wildman–Crippen LogP) is 3.12. The van der Waals surface area contributed by atoms with Crippen LogP contribution < -0.4 is 4.90 Å². The molecular weight excluding hydrogens is 326 g/mol. The molecule has 0 spiro atoms. The van der Waals surface area contributed by atoms with Gasteiger partial charge in [-0.2, -0.15) is 0 Å². The van der Waals surface area contributed by atoms with Gasteiger partial charge in [0.2, 0.25) is 11.8 Å². The fourth-order valence-corrected chi connectivity index (χ4v) is 3.74. The van der Waals surface area contributed by atoms with Crippen molar-refractivity contribution in [2.75, 3.05) is 4.90 Å². The maximum atomic E-state index is 12.6. The third-order valence-corrected chi connectivity index (χ3v) is 5.05. The predicted molar refractivity (Wildman–Crippen MR) is 91.3 cm³/mol. The third-order valence-electron chi connectivity index (χ3n) is 3.78. The highest BCUT2D eigenvalue weighted by atomic mass is 32.2. The number of thioether (sulfide) groups is 1. The highest BCUT2D eigenvalue weighted by Gasteiger charge is 2.40. The summed E-state index contributed by atoms with van der Waals surface area (Å²) in [6.07, 6.45) is 0.0608. The number of hydrogen-bond acceptors (Lipinski definition) is 4. The number of carbonyl (C=O) groups is 3. The van der Waals surface area contributed by atoms with Crippen LogP contribution in [0.4, 0.5) is 5.69 Å².